The summed E-state index contributed by atoms with van der Waals surface area (Å²) in [6.45, 7) is 10.8. The first-order valence-electron chi connectivity index (χ1n) is 9.76. The number of ether oxygens (including phenoxy) is 2. The molecule has 0 atom stereocenters. The molecular weight excluding hydrogens is 400 g/mol. The highest BCUT2D eigenvalue weighted by Gasteiger charge is 2.49. The molecule has 0 saturated heterocycles. The lowest BCUT2D eigenvalue weighted by Gasteiger charge is -2.35. The van der Waals surface area contributed by atoms with Crippen molar-refractivity contribution >= 4 is 26.0 Å². The number of Topliss-reactive ketones (excluding diaryl/α,β-unsaturated/α-hetero) is 1. The quantitative estimate of drug-likeness (QED) is 0.203. The fourth-order valence-electron chi connectivity index (χ4n) is 2.52. The molecule has 0 spiro atoms. The molecule has 7 heteroatoms. The van der Waals surface area contributed by atoms with Gasteiger partial charge in [-0.1, -0.05) is 62.9 Å². The maximum absolute atomic E-state index is 12.7. The van der Waals surface area contributed by atoms with Gasteiger partial charge in [0.1, 0.15) is 0 Å². The molecule has 0 fully saturated rings. The van der Waals surface area contributed by atoms with E-state index in [1.165, 1.54) is 14.2 Å². The Morgan fingerprint density at radius 2 is 1.47 bits per heavy atom. The minimum Gasteiger partial charge on any atom is -0.468 e. The summed E-state index contributed by atoms with van der Waals surface area (Å²) < 4.78 is 15.7. The minimum atomic E-state index is -1.97. The van der Waals surface area contributed by atoms with Crippen LogP contribution in [0.15, 0.2) is 30.3 Å². The summed E-state index contributed by atoms with van der Waals surface area (Å²) in [4.78, 5) is 37.9. The van der Waals surface area contributed by atoms with Crippen LogP contribution in [-0.4, -0.2) is 46.9 Å². The summed E-state index contributed by atoms with van der Waals surface area (Å²) in [6, 6.07) is 8.45. The van der Waals surface area contributed by atoms with E-state index in [0.717, 1.165) is 0 Å². The molecule has 1 aromatic rings. The number of esters is 2. The SMILES string of the molecule is COC(=O)C(CC#CCO[Si](C)(C)C(C)(C)C)(CC(=O)c1ccccc1)C(=O)OC. The maximum Gasteiger partial charge on any atom is 0.324 e. The van der Waals surface area contributed by atoms with Crippen molar-refractivity contribution in [3.05, 3.63) is 35.9 Å². The summed E-state index contributed by atoms with van der Waals surface area (Å²) in [7, 11) is 0.367. The largest absolute Gasteiger partial charge is 0.468 e. The Balaban J connectivity index is 3.09. The van der Waals surface area contributed by atoms with Gasteiger partial charge in [-0.05, 0) is 18.1 Å². The Kier molecular flexibility index (Phi) is 9.01. The van der Waals surface area contributed by atoms with E-state index in [-0.39, 0.29) is 23.8 Å². The second kappa shape index (κ2) is 10.6. The van der Waals surface area contributed by atoms with Gasteiger partial charge in [0.2, 0.25) is 0 Å². The summed E-state index contributed by atoms with van der Waals surface area (Å²) in [5.74, 6) is 3.64. The molecule has 0 bridgehead atoms. The smallest absolute Gasteiger partial charge is 0.324 e. The van der Waals surface area contributed by atoms with Gasteiger partial charge in [-0.15, -0.1) is 0 Å². The van der Waals surface area contributed by atoms with Crippen molar-refractivity contribution in [3.8, 4) is 11.8 Å². The molecule has 1 aromatic carbocycles. The van der Waals surface area contributed by atoms with Gasteiger partial charge < -0.3 is 13.9 Å². The summed E-state index contributed by atoms with van der Waals surface area (Å²) in [6.07, 6.45) is -0.597. The molecule has 164 valence electrons. The molecule has 0 aliphatic rings. The van der Waals surface area contributed by atoms with Crippen LogP contribution in [0.2, 0.25) is 18.1 Å². The standard InChI is InChI=1S/C23H32O6Si/c1-22(2,3)30(6,7)29-16-12-11-15-23(20(25)27-4,21(26)28-5)17-19(24)18-13-9-8-10-14-18/h8-10,13-14H,15-17H2,1-7H3. The minimum absolute atomic E-state index is 0.0403. The van der Waals surface area contributed by atoms with Crippen LogP contribution in [0.25, 0.3) is 0 Å². The predicted octanol–water partition coefficient (Wildman–Crippen LogP) is 4.01. The Labute approximate surface area is 180 Å². The summed E-state index contributed by atoms with van der Waals surface area (Å²) in [5.41, 5.74) is -1.44. The second-order valence-electron chi connectivity index (χ2n) is 8.61. The zero-order chi connectivity index (χ0) is 23.0. The van der Waals surface area contributed by atoms with Crippen molar-refractivity contribution in [2.75, 3.05) is 20.8 Å². The van der Waals surface area contributed by atoms with Crippen molar-refractivity contribution in [1.82, 2.24) is 0 Å². The molecule has 0 N–H and O–H groups in total. The Morgan fingerprint density at radius 1 is 0.933 bits per heavy atom. The number of rotatable bonds is 8. The van der Waals surface area contributed by atoms with Crippen LogP contribution in [0.1, 0.15) is 44.0 Å². The van der Waals surface area contributed by atoms with Crippen LogP contribution in [-0.2, 0) is 23.5 Å². The third-order valence-electron chi connectivity index (χ3n) is 5.54. The van der Waals surface area contributed by atoms with E-state index < -0.39 is 32.1 Å². The molecular formula is C23H32O6Si. The third kappa shape index (κ3) is 6.28. The van der Waals surface area contributed by atoms with Gasteiger partial charge in [0.05, 0.1) is 20.8 Å². The molecule has 0 aliphatic carbocycles. The van der Waals surface area contributed by atoms with Gasteiger partial charge in [-0.25, -0.2) is 0 Å². The van der Waals surface area contributed by atoms with Gasteiger partial charge in [0.15, 0.2) is 19.5 Å². The van der Waals surface area contributed by atoms with Gasteiger partial charge in [0.25, 0.3) is 0 Å². The van der Waals surface area contributed by atoms with Gasteiger partial charge in [0, 0.05) is 18.4 Å². The Morgan fingerprint density at radius 3 is 1.93 bits per heavy atom. The van der Waals surface area contributed by atoms with E-state index in [4.69, 9.17) is 13.9 Å². The lowest BCUT2D eigenvalue weighted by Crippen LogP contribution is -2.43. The van der Waals surface area contributed by atoms with Crippen LogP contribution in [0, 0.1) is 17.3 Å². The van der Waals surface area contributed by atoms with Crippen molar-refractivity contribution in [2.24, 2.45) is 5.41 Å². The Hall–Kier alpha value is -2.43. The van der Waals surface area contributed by atoms with Gasteiger partial charge >= 0.3 is 11.9 Å². The zero-order valence-electron chi connectivity index (χ0n) is 19.0. The van der Waals surface area contributed by atoms with E-state index in [9.17, 15) is 14.4 Å². The average molecular weight is 433 g/mol. The highest BCUT2D eigenvalue weighted by molar-refractivity contribution is 6.74. The second-order valence-corrected chi connectivity index (χ2v) is 13.4. The molecule has 0 aromatic heterocycles. The number of methoxy groups -OCH3 is 2. The molecule has 30 heavy (non-hydrogen) atoms. The van der Waals surface area contributed by atoms with Gasteiger partial charge in [-0.2, -0.15) is 0 Å². The Bertz CT molecular complexity index is 796. The number of hydrogen-bond donors (Lipinski definition) is 0. The van der Waals surface area contributed by atoms with Crippen LogP contribution in [0.5, 0.6) is 0 Å². The molecule has 6 nitrogen and oxygen atoms in total. The first-order valence-corrected chi connectivity index (χ1v) is 12.7. The van der Waals surface area contributed by atoms with E-state index in [0.29, 0.717) is 5.56 Å². The topological polar surface area (TPSA) is 78.9 Å². The predicted molar refractivity (Wildman–Crippen MR) is 117 cm³/mol. The number of carbonyl (C=O) groups excluding carboxylic acids is 3. The number of ketones is 1. The highest BCUT2D eigenvalue weighted by atomic mass is 28.4. The molecule has 1 rings (SSSR count). The van der Waals surface area contributed by atoms with Crippen molar-refractivity contribution < 1.29 is 28.3 Å². The van der Waals surface area contributed by atoms with Crippen LogP contribution in [0.4, 0.5) is 0 Å². The molecule has 0 radical (unpaired) electrons. The summed E-state index contributed by atoms with van der Waals surface area (Å²) >= 11 is 0. The maximum atomic E-state index is 12.7. The summed E-state index contributed by atoms with van der Waals surface area (Å²) in [5, 5.41) is 0.0403. The zero-order valence-corrected chi connectivity index (χ0v) is 20.0. The molecule has 0 amide bonds. The van der Waals surface area contributed by atoms with Crippen molar-refractivity contribution in [2.45, 2.75) is 51.7 Å². The third-order valence-corrected chi connectivity index (χ3v) is 10.0. The lowest BCUT2D eigenvalue weighted by molar-refractivity contribution is -0.168. The van der Waals surface area contributed by atoms with Crippen LogP contribution >= 0.6 is 0 Å². The fraction of sp³-hybridized carbons (Fsp3) is 0.522. The molecule has 0 saturated carbocycles. The molecule has 0 aliphatic heterocycles. The monoisotopic (exact) mass is 432 g/mol. The van der Waals surface area contributed by atoms with Gasteiger partial charge in [-0.3, -0.25) is 14.4 Å². The highest BCUT2D eigenvalue weighted by Crippen LogP contribution is 2.36. The van der Waals surface area contributed by atoms with Crippen LogP contribution < -0.4 is 0 Å². The normalized spacial score (nSPS) is 11.8. The lowest BCUT2D eigenvalue weighted by atomic mass is 9.78. The first kappa shape index (κ1) is 25.6. The van der Waals surface area contributed by atoms with E-state index in [2.05, 4.69) is 45.7 Å². The van der Waals surface area contributed by atoms with E-state index in [1.54, 1.807) is 30.3 Å². The average Bonchev–Trinajstić information content (AvgIpc) is 2.70. The fourth-order valence-corrected chi connectivity index (χ4v) is 3.39. The van der Waals surface area contributed by atoms with Crippen LogP contribution in [0.3, 0.4) is 0 Å². The van der Waals surface area contributed by atoms with E-state index in [1.807, 2.05) is 0 Å². The molecule has 0 unspecified atom stereocenters. The first-order chi connectivity index (χ1) is 13.9. The number of benzene rings is 1. The van der Waals surface area contributed by atoms with Crippen molar-refractivity contribution in [3.63, 3.8) is 0 Å². The van der Waals surface area contributed by atoms with E-state index >= 15 is 0 Å². The number of hydrogen-bond acceptors (Lipinski definition) is 6. The van der Waals surface area contributed by atoms with Crippen molar-refractivity contribution in [1.29, 1.82) is 0 Å². The molecule has 0 heterocycles. The number of carbonyl (C=O) groups is 3.